The van der Waals surface area contributed by atoms with E-state index in [1.807, 2.05) is 6.07 Å². The molecule has 5 heteroatoms. The summed E-state index contributed by atoms with van der Waals surface area (Å²) < 4.78 is 0.869. The van der Waals surface area contributed by atoms with Crippen molar-refractivity contribution in [2.45, 2.75) is 4.90 Å². The molecule has 0 aliphatic rings. The van der Waals surface area contributed by atoms with E-state index in [4.69, 9.17) is 0 Å². The minimum absolute atomic E-state index is 0.198. The highest BCUT2D eigenvalue weighted by Crippen LogP contribution is 2.24. The van der Waals surface area contributed by atoms with Gasteiger partial charge in [-0.2, -0.15) is 0 Å². The van der Waals surface area contributed by atoms with Crippen LogP contribution in [0.2, 0.25) is 0 Å². The molecule has 0 aliphatic carbocycles. The van der Waals surface area contributed by atoms with Crippen molar-refractivity contribution in [2.75, 3.05) is 0 Å². The molecule has 0 spiro atoms. The van der Waals surface area contributed by atoms with Crippen LogP contribution in [0, 0.1) is 0 Å². The van der Waals surface area contributed by atoms with Crippen LogP contribution in [-0.2, 0) is 0 Å². The van der Waals surface area contributed by atoms with Crippen molar-refractivity contribution in [3.8, 4) is 0 Å². The second-order valence-corrected chi connectivity index (χ2v) is 3.76. The van der Waals surface area contributed by atoms with Crippen molar-refractivity contribution in [2.24, 2.45) is 0 Å². The molecule has 0 radical (unpaired) electrons. The minimum Gasteiger partial charge on any atom is -0.306 e. The van der Waals surface area contributed by atoms with E-state index < -0.39 is 0 Å². The molecule has 2 rings (SSSR count). The number of hydrogen-bond acceptors (Lipinski definition) is 2. The molecule has 0 amide bonds. The van der Waals surface area contributed by atoms with Crippen LogP contribution in [-0.4, -0.2) is 9.97 Å². The van der Waals surface area contributed by atoms with Gasteiger partial charge < -0.3 is 9.97 Å². The standard InChI is InChI=1S/C7H5BrN2OS/c8-3-1-4-5(2-6(3)12)10-7(11)9-4/h1-2,12H,(H2,9,10,11). The predicted octanol–water partition coefficient (Wildman–Crippen LogP) is 1.91. The number of H-pyrrole nitrogens is 2. The molecule has 0 aliphatic heterocycles. The largest absolute Gasteiger partial charge is 0.323 e. The maximum absolute atomic E-state index is 10.9. The number of benzene rings is 1. The Hall–Kier alpha value is -0.680. The SMILES string of the molecule is O=c1[nH]c2cc(S)c(Br)cc2[nH]1. The van der Waals surface area contributed by atoms with E-state index >= 15 is 0 Å². The Bertz CT molecular complexity index is 446. The molecule has 2 aromatic rings. The third-order valence-electron chi connectivity index (χ3n) is 1.58. The average Bonchev–Trinajstić information content (AvgIpc) is 2.30. The molecule has 0 atom stereocenters. The first-order valence-electron chi connectivity index (χ1n) is 3.27. The Kier molecular flexibility index (Phi) is 1.77. The highest BCUT2D eigenvalue weighted by atomic mass is 79.9. The molecule has 12 heavy (non-hydrogen) atoms. The summed E-state index contributed by atoms with van der Waals surface area (Å²) >= 11 is 7.51. The fraction of sp³-hybridized carbons (Fsp3) is 0. The maximum atomic E-state index is 10.9. The first-order chi connectivity index (χ1) is 5.66. The zero-order chi connectivity index (χ0) is 8.72. The number of nitrogens with one attached hydrogen (secondary N) is 2. The van der Waals surface area contributed by atoms with Gasteiger partial charge in [-0.1, -0.05) is 0 Å². The summed E-state index contributed by atoms with van der Waals surface area (Å²) in [7, 11) is 0. The fourth-order valence-corrected chi connectivity index (χ4v) is 1.58. The molecular weight excluding hydrogens is 240 g/mol. The van der Waals surface area contributed by atoms with Gasteiger partial charge in [-0.25, -0.2) is 4.79 Å². The number of imidazole rings is 1. The van der Waals surface area contributed by atoms with Crippen molar-refractivity contribution in [3.05, 3.63) is 27.1 Å². The fourth-order valence-electron chi connectivity index (χ4n) is 1.04. The van der Waals surface area contributed by atoms with Gasteiger partial charge in [-0.3, -0.25) is 0 Å². The number of fused-ring (bicyclic) bond motifs is 1. The van der Waals surface area contributed by atoms with Crippen LogP contribution in [0.3, 0.4) is 0 Å². The van der Waals surface area contributed by atoms with Crippen molar-refractivity contribution in [3.63, 3.8) is 0 Å². The van der Waals surface area contributed by atoms with Gasteiger partial charge in [0.2, 0.25) is 0 Å². The molecule has 2 N–H and O–H groups in total. The lowest BCUT2D eigenvalue weighted by Crippen LogP contribution is -1.99. The minimum atomic E-state index is -0.198. The third kappa shape index (κ3) is 1.19. The Morgan fingerprint density at radius 1 is 1.25 bits per heavy atom. The van der Waals surface area contributed by atoms with Gasteiger partial charge >= 0.3 is 5.69 Å². The Labute approximate surface area is 81.7 Å². The predicted molar refractivity (Wildman–Crippen MR) is 53.9 cm³/mol. The molecule has 0 unspecified atom stereocenters. The van der Waals surface area contributed by atoms with E-state index in [9.17, 15) is 4.79 Å². The normalized spacial score (nSPS) is 10.8. The lowest BCUT2D eigenvalue weighted by molar-refractivity contribution is 1.21. The summed E-state index contributed by atoms with van der Waals surface area (Å²) in [5, 5.41) is 0. The van der Waals surface area contributed by atoms with E-state index in [1.54, 1.807) is 6.07 Å². The zero-order valence-corrected chi connectivity index (χ0v) is 8.37. The van der Waals surface area contributed by atoms with Crippen molar-refractivity contribution >= 4 is 39.6 Å². The third-order valence-corrected chi connectivity index (χ3v) is 2.92. The van der Waals surface area contributed by atoms with Crippen molar-refractivity contribution in [1.29, 1.82) is 0 Å². The number of rotatable bonds is 0. The molecule has 0 saturated carbocycles. The molecule has 3 nitrogen and oxygen atoms in total. The zero-order valence-electron chi connectivity index (χ0n) is 5.89. The van der Waals surface area contributed by atoms with Crippen molar-refractivity contribution in [1.82, 2.24) is 9.97 Å². The van der Waals surface area contributed by atoms with E-state index in [0.717, 1.165) is 20.4 Å². The second kappa shape index (κ2) is 2.67. The molecule has 62 valence electrons. The Morgan fingerprint density at radius 2 is 1.83 bits per heavy atom. The first kappa shape index (κ1) is 7.94. The van der Waals surface area contributed by atoms with Crippen molar-refractivity contribution < 1.29 is 0 Å². The van der Waals surface area contributed by atoms with E-state index in [-0.39, 0.29) is 5.69 Å². The topological polar surface area (TPSA) is 48.6 Å². The van der Waals surface area contributed by atoms with Crippen LogP contribution in [0.15, 0.2) is 26.3 Å². The van der Waals surface area contributed by atoms with E-state index in [2.05, 4.69) is 38.5 Å². The van der Waals surface area contributed by atoms with Crippen LogP contribution < -0.4 is 5.69 Å². The van der Waals surface area contributed by atoms with Crippen LogP contribution >= 0.6 is 28.6 Å². The van der Waals surface area contributed by atoms with Gasteiger partial charge in [0, 0.05) is 9.37 Å². The molecule has 1 heterocycles. The number of hydrogen-bond donors (Lipinski definition) is 3. The van der Waals surface area contributed by atoms with Gasteiger partial charge in [0.25, 0.3) is 0 Å². The quantitative estimate of drug-likeness (QED) is 0.610. The Balaban J connectivity index is 2.92. The number of thiol groups is 1. The molecule has 0 fully saturated rings. The van der Waals surface area contributed by atoms with E-state index in [0.29, 0.717) is 0 Å². The molecular formula is C7H5BrN2OS. The summed E-state index contributed by atoms with van der Waals surface area (Å²) in [6.07, 6.45) is 0. The monoisotopic (exact) mass is 244 g/mol. The highest BCUT2D eigenvalue weighted by molar-refractivity contribution is 9.10. The van der Waals surface area contributed by atoms with Crippen LogP contribution in [0.4, 0.5) is 0 Å². The molecule has 0 saturated heterocycles. The van der Waals surface area contributed by atoms with Gasteiger partial charge in [0.05, 0.1) is 11.0 Å². The van der Waals surface area contributed by atoms with Gasteiger partial charge in [0.1, 0.15) is 0 Å². The number of halogens is 1. The van der Waals surface area contributed by atoms with Gasteiger partial charge in [-0.05, 0) is 28.1 Å². The summed E-state index contributed by atoms with van der Waals surface area (Å²) in [4.78, 5) is 17.0. The Morgan fingerprint density at radius 3 is 2.50 bits per heavy atom. The first-order valence-corrected chi connectivity index (χ1v) is 4.51. The van der Waals surface area contributed by atoms with Gasteiger partial charge in [0.15, 0.2) is 0 Å². The summed E-state index contributed by atoms with van der Waals surface area (Å²) in [5.41, 5.74) is 1.36. The maximum Gasteiger partial charge on any atom is 0.323 e. The summed E-state index contributed by atoms with van der Waals surface area (Å²) in [5.74, 6) is 0. The van der Waals surface area contributed by atoms with E-state index in [1.165, 1.54) is 0 Å². The lowest BCUT2D eigenvalue weighted by atomic mass is 10.3. The summed E-state index contributed by atoms with van der Waals surface area (Å²) in [6, 6.07) is 3.61. The van der Waals surface area contributed by atoms with Crippen LogP contribution in [0.25, 0.3) is 11.0 Å². The number of aromatic amines is 2. The van der Waals surface area contributed by atoms with Crippen LogP contribution in [0.1, 0.15) is 0 Å². The highest BCUT2D eigenvalue weighted by Gasteiger charge is 2.01. The lowest BCUT2D eigenvalue weighted by Gasteiger charge is -1.95. The summed E-state index contributed by atoms with van der Waals surface area (Å²) in [6.45, 7) is 0. The van der Waals surface area contributed by atoms with Crippen LogP contribution in [0.5, 0.6) is 0 Å². The smallest absolute Gasteiger partial charge is 0.306 e. The number of aromatic nitrogens is 2. The molecule has 1 aromatic carbocycles. The second-order valence-electron chi connectivity index (χ2n) is 2.43. The molecule has 0 bridgehead atoms. The van der Waals surface area contributed by atoms with Gasteiger partial charge in [-0.15, -0.1) is 12.6 Å². The molecule has 1 aromatic heterocycles. The average molecular weight is 245 g/mol.